The lowest BCUT2D eigenvalue weighted by molar-refractivity contribution is -0.135. The molecular formula is C17H21ClF3N3O2. The zero-order chi connectivity index (χ0) is 18.0. The van der Waals surface area contributed by atoms with Gasteiger partial charge in [-0.05, 0) is 49.5 Å². The Bertz CT molecular complexity index is 670. The van der Waals surface area contributed by atoms with Crippen molar-refractivity contribution < 1.29 is 22.8 Å². The molecule has 144 valence electrons. The molecule has 0 bridgehead atoms. The molecular weight excluding hydrogens is 371 g/mol. The average Bonchev–Trinajstić information content (AvgIpc) is 2.80. The van der Waals surface area contributed by atoms with Gasteiger partial charge in [0.1, 0.15) is 11.4 Å². The van der Waals surface area contributed by atoms with Crippen molar-refractivity contribution in [2.45, 2.75) is 31.2 Å². The molecule has 1 aromatic rings. The van der Waals surface area contributed by atoms with Crippen LogP contribution < -0.4 is 10.6 Å². The Morgan fingerprint density at radius 1 is 1.23 bits per heavy atom. The van der Waals surface area contributed by atoms with Crippen molar-refractivity contribution in [2.24, 2.45) is 5.92 Å². The van der Waals surface area contributed by atoms with Crippen molar-refractivity contribution in [3.8, 4) is 0 Å². The fraction of sp³-hybridized carbons (Fsp3) is 0.529. The molecule has 2 N–H and O–H groups in total. The zero-order valence-electron chi connectivity index (χ0n) is 14.0. The predicted molar refractivity (Wildman–Crippen MR) is 91.9 cm³/mol. The van der Waals surface area contributed by atoms with Gasteiger partial charge < -0.3 is 10.6 Å². The highest BCUT2D eigenvalue weighted by Crippen LogP contribution is 2.35. The molecule has 2 saturated heterocycles. The van der Waals surface area contributed by atoms with E-state index in [1.54, 1.807) is 6.07 Å². The maximum atomic E-state index is 13.5. The SMILES string of the molecule is Cl.O=C1NC(Cc2cccc(F)c2)(C2CCNCC2)C(=O)N1CC(F)F. The third-order valence-corrected chi connectivity index (χ3v) is 4.93. The van der Waals surface area contributed by atoms with Crippen molar-refractivity contribution in [3.63, 3.8) is 0 Å². The number of benzene rings is 1. The fourth-order valence-corrected chi connectivity index (χ4v) is 3.77. The monoisotopic (exact) mass is 391 g/mol. The smallest absolute Gasteiger partial charge is 0.322 e. The van der Waals surface area contributed by atoms with Gasteiger partial charge in [0, 0.05) is 6.42 Å². The van der Waals surface area contributed by atoms with Crippen LogP contribution in [-0.2, 0) is 11.2 Å². The van der Waals surface area contributed by atoms with Crippen LogP contribution in [0.1, 0.15) is 18.4 Å². The maximum absolute atomic E-state index is 13.5. The molecule has 9 heteroatoms. The van der Waals surface area contributed by atoms with Crippen LogP contribution in [0.25, 0.3) is 0 Å². The Morgan fingerprint density at radius 2 is 1.92 bits per heavy atom. The molecule has 0 spiro atoms. The highest BCUT2D eigenvalue weighted by Gasteiger charge is 2.55. The van der Waals surface area contributed by atoms with Crippen molar-refractivity contribution in [1.29, 1.82) is 0 Å². The van der Waals surface area contributed by atoms with E-state index in [2.05, 4.69) is 10.6 Å². The molecule has 3 rings (SSSR count). The number of hydrogen-bond acceptors (Lipinski definition) is 3. The second kappa shape index (κ2) is 8.26. The Balaban J connectivity index is 0.00000243. The highest BCUT2D eigenvalue weighted by atomic mass is 35.5. The standard InChI is InChI=1S/C17H20F3N3O2.ClH/c18-13-3-1-2-11(8-13)9-17(12-4-6-21-7-5-12)15(24)23(10-14(19)20)16(25)22-17;/h1-3,8,12,14,21H,4-7,9-10H2,(H,22,25);1H. The molecule has 1 aromatic carbocycles. The second-order valence-corrected chi connectivity index (χ2v) is 6.54. The van der Waals surface area contributed by atoms with E-state index in [1.807, 2.05) is 0 Å². The van der Waals surface area contributed by atoms with Gasteiger partial charge >= 0.3 is 6.03 Å². The number of nitrogens with zero attached hydrogens (tertiary/aromatic N) is 1. The van der Waals surface area contributed by atoms with Crippen molar-refractivity contribution in [1.82, 2.24) is 15.5 Å². The first-order chi connectivity index (χ1) is 11.9. The highest BCUT2D eigenvalue weighted by molar-refractivity contribution is 6.07. The summed E-state index contributed by atoms with van der Waals surface area (Å²) in [5, 5.41) is 5.84. The Hall–Kier alpha value is -1.80. The number of nitrogens with one attached hydrogen (secondary N) is 2. The fourth-order valence-electron chi connectivity index (χ4n) is 3.77. The molecule has 5 nitrogen and oxygen atoms in total. The van der Waals surface area contributed by atoms with Gasteiger partial charge in [-0.3, -0.25) is 9.69 Å². The van der Waals surface area contributed by atoms with Gasteiger partial charge in [0.25, 0.3) is 12.3 Å². The first kappa shape index (κ1) is 20.5. The van der Waals surface area contributed by atoms with E-state index in [-0.39, 0.29) is 24.7 Å². The average molecular weight is 392 g/mol. The Morgan fingerprint density at radius 3 is 2.54 bits per heavy atom. The molecule has 26 heavy (non-hydrogen) atoms. The quantitative estimate of drug-likeness (QED) is 0.757. The lowest BCUT2D eigenvalue weighted by atomic mass is 9.74. The van der Waals surface area contributed by atoms with Crippen LogP contribution in [0.15, 0.2) is 24.3 Å². The summed E-state index contributed by atoms with van der Waals surface area (Å²) in [5.41, 5.74) is -0.756. The summed E-state index contributed by atoms with van der Waals surface area (Å²) in [6.45, 7) is 0.418. The number of carbonyl (C=O) groups is 2. The van der Waals surface area contributed by atoms with Crippen LogP contribution in [-0.4, -0.2) is 48.4 Å². The van der Waals surface area contributed by atoms with Gasteiger partial charge in [-0.2, -0.15) is 0 Å². The number of amides is 3. The summed E-state index contributed by atoms with van der Waals surface area (Å²) in [4.78, 5) is 25.8. The van der Waals surface area contributed by atoms with E-state index in [0.717, 1.165) is 0 Å². The minimum Gasteiger partial charge on any atom is -0.322 e. The van der Waals surface area contributed by atoms with E-state index < -0.39 is 36.3 Å². The molecule has 2 aliphatic rings. The third-order valence-electron chi connectivity index (χ3n) is 4.93. The van der Waals surface area contributed by atoms with Crippen molar-refractivity contribution >= 4 is 24.3 Å². The van der Waals surface area contributed by atoms with E-state index in [4.69, 9.17) is 0 Å². The maximum Gasteiger partial charge on any atom is 0.325 e. The molecule has 0 radical (unpaired) electrons. The molecule has 1 unspecified atom stereocenters. The molecule has 2 aliphatic heterocycles. The lowest BCUT2D eigenvalue weighted by Gasteiger charge is -2.38. The Labute approximate surface area is 155 Å². The largest absolute Gasteiger partial charge is 0.325 e. The number of hydrogen-bond donors (Lipinski definition) is 2. The molecule has 0 aromatic heterocycles. The van der Waals surface area contributed by atoms with Crippen LogP contribution in [0.4, 0.5) is 18.0 Å². The minimum absolute atomic E-state index is 0. The van der Waals surface area contributed by atoms with E-state index in [0.29, 0.717) is 36.4 Å². The van der Waals surface area contributed by atoms with Crippen LogP contribution >= 0.6 is 12.4 Å². The van der Waals surface area contributed by atoms with Crippen molar-refractivity contribution in [2.75, 3.05) is 19.6 Å². The van der Waals surface area contributed by atoms with Crippen LogP contribution in [0.3, 0.4) is 0 Å². The normalized spacial score (nSPS) is 23.9. The topological polar surface area (TPSA) is 61.4 Å². The summed E-state index contributed by atoms with van der Waals surface area (Å²) >= 11 is 0. The number of urea groups is 1. The van der Waals surface area contributed by atoms with Crippen LogP contribution in [0.5, 0.6) is 0 Å². The lowest BCUT2D eigenvalue weighted by Crippen LogP contribution is -2.57. The van der Waals surface area contributed by atoms with Crippen LogP contribution in [0, 0.1) is 11.7 Å². The first-order valence-electron chi connectivity index (χ1n) is 8.30. The van der Waals surface area contributed by atoms with Gasteiger partial charge in [0.05, 0.1) is 6.54 Å². The molecule has 2 fully saturated rings. The molecule has 3 amide bonds. The first-order valence-corrected chi connectivity index (χ1v) is 8.30. The zero-order valence-corrected chi connectivity index (χ0v) is 14.8. The number of piperidine rings is 1. The van der Waals surface area contributed by atoms with Gasteiger partial charge in [-0.1, -0.05) is 12.1 Å². The summed E-state index contributed by atoms with van der Waals surface area (Å²) in [7, 11) is 0. The number of halogens is 4. The molecule has 2 heterocycles. The number of imide groups is 1. The summed E-state index contributed by atoms with van der Waals surface area (Å²) in [6.07, 6.45) is -1.46. The van der Waals surface area contributed by atoms with E-state index >= 15 is 0 Å². The van der Waals surface area contributed by atoms with E-state index in [1.165, 1.54) is 18.2 Å². The molecule has 0 aliphatic carbocycles. The number of alkyl halides is 2. The predicted octanol–water partition coefficient (Wildman–Crippen LogP) is 2.35. The van der Waals surface area contributed by atoms with Gasteiger partial charge in [-0.15, -0.1) is 12.4 Å². The van der Waals surface area contributed by atoms with Gasteiger partial charge in [-0.25, -0.2) is 18.0 Å². The number of carbonyl (C=O) groups excluding carboxylic acids is 2. The van der Waals surface area contributed by atoms with E-state index in [9.17, 15) is 22.8 Å². The minimum atomic E-state index is -2.80. The molecule has 1 atom stereocenters. The summed E-state index contributed by atoms with van der Waals surface area (Å²) in [5.74, 6) is -1.29. The van der Waals surface area contributed by atoms with Gasteiger partial charge in [0.2, 0.25) is 0 Å². The third kappa shape index (κ3) is 3.96. The Kier molecular flexibility index (Phi) is 6.52. The van der Waals surface area contributed by atoms with Crippen molar-refractivity contribution in [3.05, 3.63) is 35.6 Å². The molecule has 0 saturated carbocycles. The second-order valence-electron chi connectivity index (χ2n) is 6.54. The summed E-state index contributed by atoms with van der Waals surface area (Å²) in [6, 6.07) is 4.98. The van der Waals surface area contributed by atoms with Crippen LogP contribution in [0.2, 0.25) is 0 Å². The number of rotatable bonds is 5. The van der Waals surface area contributed by atoms with Gasteiger partial charge in [0.15, 0.2) is 0 Å². The summed E-state index contributed by atoms with van der Waals surface area (Å²) < 4.78 is 39.1.